The van der Waals surface area contributed by atoms with E-state index in [2.05, 4.69) is 49.8 Å². The van der Waals surface area contributed by atoms with E-state index < -0.39 is 0 Å². The zero-order valence-corrected chi connectivity index (χ0v) is 12.2. The summed E-state index contributed by atoms with van der Waals surface area (Å²) in [6.45, 7) is 9.29. The molecule has 0 spiro atoms. The number of rotatable bonds is 4. The molecule has 0 radical (unpaired) electrons. The fourth-order valence-corrected chi connectivity index (χ4v) is 2.71. The number of nitrogens with two attached hydrogens (primary N) is 1. The molecule has 2 rings (SSSR count). The molecule has 1 aromatic heterocycles. The molecule has 0 saturated carbocycles. The number of H-pyrrole nitrogens is 1. The van der Waals surface area contributed by atoms with Gasteiger partial charge >= 0.3 is 0 Å². The number of nitrogens with zero attached hydrogens (tertiary/aromatic N) is 1. The average Bonchev–Trinajstić information content (AvgIpc) is 2.77. The summed E-state index contributed by atoms with van der Waals surface area (Å²) < 4.78 is 0. The largest absolute Gasteiger partial charge is 0.342 e. The smallest absolute Gasteiger partial charge is 0.109 e. The van der Waals surface area contributed by atoms with E-state index in [0.29, 0.717) is 12.5 Å². The maximum atomic E-state index is 5.61. The van der Waals surface area contributed by atoms with Gasteiger partial charge in [-0.25, -0.2) is 4.98 Å². The summed E-state index contributed by atoms with van der Waals surface area (Å²) in [5.41, 5.74) is 11.9. The number of aromatic amines is 1. The molecule has 0 fully saturated rings. The molecule has 3 N–H and O–H groups in total. The number of benzene rings is 1. The third-order valence-corrected chi connectivity index (χ3v) is 3.61. The van der Waals surface area contributed by atoms with Gasteiger partial charge < -0.3 is 10.7 Å². The minimum absolute atomic E-state index is 0.379. The Kier molecular flexibility index (Phi) is 4.05. The van der Waals surface area contributed by atoms with Crippen molar-refractivity contribution in [3.05, 3.63) is 40.8 Å². The molecule has 19 heavy (non-hydrogen) atoms. The SMILES string of the molecule is Cc1cc(C)c(-c2cnc(C(C)CCN)[nH]2)c(C)c1. The molecule has 0 amide bonds. The van der Waals surface area contributed by atoms with E-state index in [1.807, 2.05) is 6.20 Å². The molecule has 0 aliphatic heterocycles. The second kappa shape index (κ2) is 5.57. The van der Waals surface area contributed by atoms with Gasteiger partial charge in [0, 0.05) is 11.5 Å². The van der Waals surface area contributed by atoms with E-state index >= 15 is 0 Å². The molecule has 1 atom stereocenters. The predicted molar refractivity (Wildman–Crippen MR) is 80.3 cm³/mol. The van der Waals surface area contributed by atoms with Crippen LogP contribution >= 0.6 is 0 Å². The number of hydrogen-bond acceptors (Lipinski definition) is 2. The highest BCUT2D eigenvalue weighted by atomic mass is 14.9. The fourth-order valence-electron chi connectivity index (χ4n) is 2.71. The highest BCUT2D eigenvalue weighted by Crippen LogP contribution is 2.28. The van der Waals surface area contributed by atoms with E-state index in [9.17, 15) is 0 Å². The number of aromatic nitrogens is 2. The van der Waals surface area contributed by atoms with Gasteiger partial charge in [-0.15, -0.1) is 0 Å². The van der Waals surface area contributed by atoms with Crippen molar-refractivity contribution in [1.29, 1.82) is 0 Å². The lowest BCUT2D eigenvalue weighted by Gasteiger charge is -2.10. The number of imidazole rings is 1. The van der Waals surface area contributed by atoms with Crippen molar-refractivity contribution < 1.29 is 0 Å². The molecule has 1 unspecified atom stereocenters. The van der Waals surface area contributed by atoms with Crippen LogP contribution in [-0.2, 0) is 0 Å². The molecule has 0 aliphatic carbocycles. The molecular weight excluding hydrogens is 234 g/mol. The van der Waals surface area contributed by atoms with Gasteiger partial charge in [-0.2, -0.15) is 0 Å². The molecular formula is C16H23N3. The van der Waals surface area contributed by atoms with Crippen LogP contribution in [0.1, 0.15) is 41.8 Å². The fraction of sp³-hybridized carbons (Fsp3) is 0.438. The summed E-state index contributed by atoms with van der Waals surface area (Å²) in [6, 6.07) is 4.43. The number of nitrogens with one attached hydrogen (secondary N) is 1. The lowest BCUT2D eigenvalue weighted by molar-refractivity contribution is 0.655. The third-order valence-electron chi connectivity index (χ3n) is 3.61. The first-order valence-electron chi connectivity index (χ1n) is 6.86. The molecule has 0 bridgehead atoms. The van der Waals surface area contributed by atoms with Crippen LogP contribution < -0.4 is 5.73 Å². The Bertz CT molecular complexity index is 546. The molecule has 0 saturated heterocycles. The van der Waals surface area contributed by atoms with Crippen molar-refractivity contribution in [3.8, 4) is 11.3 Å². The van der Waals surface area contributed by atoms with Crippen molar-refractivity contribution in [2.45, 2.75) is 40.0 Å². The van der Waals surface area contributed by atoms with Gasteiger partial charge in [0.15, 0.2) is 0 Å². The first-order valence-corrected chi connectivity index (χ1v) is 6.86. The maximum absolute atomic E-state index is 5.61. The summed E-state index contributed by atoms with van der Waals surface area (Å²) >= 11 is 0. The molecule has 3 nitrogen and oxygen atoms in total. The average molecular weight is 257 g/mol. The van der Waals surface area contributed by atoms with Gasteiger partial charge in [0.25, 0.3) is 0 Å². The first kappa shape index (κ1) is 13.8. The molecule has 1 heterocycles. The number of aryl methyl sites for hydroxylation is 3. The Balaban J connectivity index is 2.38. The van der Waals surface area contributed by atoms with E-state index in [4.69, 9.17) is 5.73 Å². The maximum Gasteiger partial charge on any atom is 0.109 e. The third kappa shape index (κ3) is 2.87. The predicted octanol–water partition coefficient (Wildman–Crippen LogP) is 3.45. The van der Waals surface area contributed by atoms with Crippen molar-refractivity contribution in [1.82, 2.24) is 9.97 Å². The van der Waals surface area contributed by atoms with Crippen LogP contribution in [0.4, 0.5) is 0 Å². The zero-order chi connectivity index (χ0) is 14.0. The lowest BCUT2D eigenvalue weighted by atomic mass is 9.98. The Morgan fingerprint density at radius 3 is 2.42 bits per heavy atom. The standard InChI is InChI=1S/C16H23N3/c1-10-7-12(3)15(13(4)8-10)14-9-18-16(19-14)11(2)5-6-17/h7-9,11H,5-6,17H2,1-4H3,(H,18,19). The normalized spacial score (nSPS) is 12.7. The summed E-state index contributed by atoms with van der Waals surface area (Å²) in [5, 5.41) is 0. The Morgan fingerprint density at radius 2 is 1.84 bits per heavy atom. The monoisotopic (exact) mass is 257 g/mol. The van der Waals surface area contributed by atoms with E-state index in [-0.39, 0.29) is 0 Å². The van der Waals surface area contributed by atoms with Crippen LogP contribution in [0.2, 0.25) is 0 Å². The molecule has 102 valence electrons. The quantitative estimate of drug-likeness (QED) is 0.881. The molecule has 0 aliphatic rings. The van der Waals surface area contributed by atoms with E-state index in [1.54, 1.807) is 0 Å². The van der Waals surface area contributed by atoms with Gasteiger partial charge in [0.05, 0.1) is 11.9 Å². The highest BCUT2D eigenvalue weighted by Gasteiger charge is 2.13. The van der Waals surface area contributed by atoms with Crippen molar-refractivity contribution in [3.63, 3.8) is 0 Å². The highest BCUT2D eigenvalue weighted by molar-refractivity contribution is 5.67. The second-order valence-electron chi connectivity index (χ2n) is 5.43. The van der Waals surface area contributed by atoms with E-state index in [0.717, 1.165) is 17.9 Å². The summed E-state index contributed by atoms with van der Waals surface area (Å²) in [5.74, 6) is 1.41. The van der Waals surface area contributed by atoms with Crippen molar-refractivity contribution >= 4 is 0 Å². The minimum Gasteiger partial charge on any atom is -0.342 e. The van der Waals surface area contributed by atoms with Gasteiger partial charge in [-0.1, -0.05) is 24.6 Å². The van der Waals surface area contributed by atoms with Crippen LogP contribution in [0.15, 0.2) is 18.3 Å². The number of hydrogen-bond donors (Lipinski definition) is 2. The van der Waals surface area contributed by atoms with Crippen LogP contribution in [0.3, 0.4) is 0 Å². The Labute approximate surface area is 115 Å². The van der Waals surface area contributed by atoms with E-state index in [1.165, 1.54) is 22.3 Å². The topological polar surface area (TPSA) is 54.7 Å². The lowest BCUT2D eigenvalue weighted by Crippen LogP contribution is -2.05. The molecule has 1 aromatic carbocycles. The molecule has 3 heteroatoms. The first-order chi connectivity index (χ1) is 9.02. The van der Waals surface area contributed by atoms with Gasteiger partial charge in [0.1, 0.15) is 5.82 Å². The van der Waals surface area contributed by atoms with Crippen LogP contribution in [0.25, 0.3) is 11.3 Å². The summed E-state index contributed by atoms with van der Waals surface area (Å²) in [4.78, 5) is 7.95. The van der Waals surface area contributed by atoms with Crippen LogP contribution in [0, 0.1) is 20.8 Å². The van der Waals surface area contributed by atoms with Crippen molar-refractivity contribution in [2.24, 2.45) is 5.73 Å². The van der Waals surface area contributed by atoms with Gasteiger partial charge in [0.2, 0.25) is 0 Å². The van der Waals surface area contributed by atoms with Crippen molar-refractivity contribution in [2.75, 3.05) is 6.54 Å². The summed E-state index contributed by atoms with van der Waals surface area (Å²) in [6.07, 6.45) is 2.89. The van der Waals surface area contributed by atoms with Crippen LogP contribution in [-0.4, -0.2) is 16.5 Å². The van der Waals surface area contributed by atoms with Gasteiger partial charge in [-0.05, 0) is 44.9 Å². The minimum atomic E-state index is 0.379. The second-order valence-corrected chi connectivity index (χ2v) is 5.43. The zero-order valence-electron chi connectivity index (χ0n) is 12.2. The summed E-state index contributed by atoms with van der Waals surface area (Å²) in [7, 11) is 0. The van der Waals surface area contributed by atoms with Gasteiger partial charge in [-0.3, -0.25) is 0 Å². The molecule has 2 aromatic rings. The Hall–Kier alpha value is -1.61. The Morgan fingerprint density at radius 1 is 1.21 bits per heavy atom. The van der Waals surface area contributed by atoms with Crippen LogP contribution in [0.5, 0.6) is 0 Å².